The Morgan fingerprint density at radius 1 is 0.914 bits per heavy atom. The van der Waals surface area contributed by atoms with Crippen LogP contribution in [0.2, 0.25) is 15.1 Å². The normalized spacial score (nSPS) is 13.1. The third-order valence-corrected chi connectivity index (χ3v) is 5.39. The van der Waals surface area contributed by atoms with Crippen molar-refractivity contribution in [2.45, 2.75) is 59.3 Å². The van der Waals surface area contributed by atoms with Crippen LogP contribution >= 0.6 is 34.8 Å². The summed E-state index contributed by atoms with van der Waals surface area (Å²) in [5.41, 5.74) is 3.10. The summed E-state index contributed by atoms with van der Waals surface area (Å²) in [6, 6.07) is 9.02. The molecule has 0 saturated heterocycles. The number of hydrogen-bond acceptors (Lipinski definition) is 5. The Labute approximate surface area is 221 Å². The van der Waals surface area contributed by atoms with Crippen LogP contribution in [0.25, 0.3) is 0 Å². The summed E-state index contributed by atoms with van der Waals surface area (Å²) in [6.07, 6.45) is 0.905. The molecule has 2 N–H and O–H groups in total. The predicted molar refractivity (Wildman–Crippen MR) is 141 cm³/mol. The zero-order chi connectivity index (χ0) is 26.1. The lowest BCUT2D eigenvalue weighted by Gasteiger charge is -2.22. The second-order valence-corrected chi connectivity index (χ2v) is 9.89. The highest BCUT2D eigenvalue weighted by molar-refractivity contribution is 6.35. The third kappa shape index (κ3) is 9.59. The van der Waals surface area contributed by atoms with Gasteiger partial charge < -0.3 is 14.8 Å². The second kappa shape index (κ2) is 13.6. The number of benzene rings is 2. The van der Waals surface area contributed by atoms with E-state index in [2.05, 4.69) is 15.8 Å². The van der Waals surface area contributed by atoms with E-state index in [9.17, 15) is 9.59 Å². The highest BCUT2D eigenvalue weighted by Gasteiger charge is 2.25. The largest absolute Gasteiger partial charge is 0.490 e. The standard InChI is InChI=1S/C25H30Cl3N3O4/c1-14(2)10-21(30-24(32)16(5)35-23-9-7-19(27)12-20(23)28)25(33)31-29-13-17-11-18(26)6-8-22(17)34-15(3)4/h6-9,11-16,21H,10H2,1-5H3,(H,30,32)(H,31,33)/b29-13-/t16-,21+/m0/s1. The monoisotopic (exact) mass is 541 g/mol. The minimum atomic E-state index is -0.901. The molecule has 2 rings (SSSR count). The van der Waals surface area contributed by atoms with Gasteiger partial charge in [0.15, 0.2) is 6.10 Å². The topological polar surface area (TPSA) is 89.0 Å². The molecule has 7 nitrogen and oxygen atoms in total. The van der Waals surface area contributed by atoms with Crippen LogP contribution in [0.4, 0.5) is 0 Å². The molecule has 0 aromatic heterocycles. The van der Waals surface area contributed by atoms with Crippen molar-refractivity contribution in [3.8, 4) is 11.5 Å². The van der Waals surface area contributed by atoms with E-state index in [1.807, 2.05) is 27.7 Å². The number of hydrogen-bond donors (Lipinski definition) is 2. The lowest BCUT2D eigenvalue weighted by atomic mass is 10.0. The first-order valence-corrected chi connectivity index (χ1v) is 12.3. The molecule has 0 aliphatic rings. The van der Waals surface area contributed by atoms with Gasteiger partial charge in [-0.1, -0.05) is 48.7 Å². The molecule has 190 valence electrons. The summed E-state index contributed by atoms with van der Waals surface area (Å²) in [6.45, 7) is 9.28. The Balaban J connectivity index is 2.06. The fraction of sp³-hybridized carbons (Fsp3) is 0.400. The maximum Gasteiger partial charge on any atom is 0.262 e. The highest BCUT2D eigenvalue weighted by Crippen LogP contribution is 2.28. The zero-order valence-corrected chi connectivity index (χ0v) is 22.5. The van der Waals surface area contributed by atoms with Crippen LogP contribution in [-0.2, 0) is 9.59 Å². The van der Waals surface area contributed by atoms with Crippen molar-refractivity contribution in [1.29, 1.82) is 0 Å². The van der Waals surface area contributed by atoms with Crippen LogP contribution in [0.1, 0.15) is 46.6 Å². The number of rotatable bonds is 11. The van der Waals surface area contributed by atoms with Crippen molar-refractivity contribution in [1.82, 2.24) is 10.7 Å². The van der Waals surface area contributed by atoms with Gasteiger partial charge in [-0.3, -0.25) is 9.59 Å². The molecule has 0 bridgehead atoms. The van der Waals surface area contributed by atoms with Gasteiger partial charge in [0.1, 0.15) is 17.5 Å². The number of carbonyl (C=O) groups excluding carboxylic acids is 2. The van der Waals surface area contributed by atoms with Gasteiger partial charge in [-0.25, -0.2) is 5.43 Å². The minimum absolute atomic E-state index is 0.0458. The predicted octanol–water partition coefficient (Wildman–Crippen LogP) is 5.88. The lowest BCUT2D eigenvalue weighted by Crippen LogP contribution is -2.49. The molecule has 2 atom stereocenters. The van der Waals surface area contributed by atoms with E-state index < -0.39 is 24.0 Å². The first kappa shape index (κ1) is 28.8. The average Bonchev–Trinajstić information content (AvgIpc) is 2.76. The average molecular weight is 543 g/mol. The Bertz CT molecular complexity index is 1060. The molecule has 0 fully saturated rings. The minimum Gasteiger partial charge on any atom is -0.490 e. The molecule has 10 heteroatoms. The Morgan fingerprint density at radius 2 is 1.54 bits per heavy atom. The van der Waals surface area contributed by atoms with Crippen molar-refractivity contribution in [2.24, 2.45) is 11.0 Å². The Morgan fingerprint density at radius 3 is 2.14 bits per heavy atom. The van der Waals surface area contributed by atoms with Crippen LogP contribution in [0.5, 0.6) is 11.5 Å². The highest BCUT2D eigenvalue weighted by atomic mass is 35.5. The van der Waals surface area contributed by atoms with Gasteiger partial charge in [0, 0.05) is 15.6 Å². The number of halogens is 3. The van der Waals surface area contributed by atoms with Gasteiger partial charge in [-0.05, 0) is 69.5 Å². The number of hydrazone groups is 1. The molecule has 0 aliphatic carbocycles. The number of nitrogens with zero attached hydrogens (tertiary/aromatic N) is 1. The molecule has 2 aromatic carbocycles. The van der Waals surface area contributed by atoms with Gasteiger partial charge in [-0.2, -0.15) is 5.10 Å². The summed E-state index contributed by atoms with van der Waals surface area (Å²) in [5.74, 6) is 0.1000. The Hall–Kier alpha value is -2.48. The SMILES string of the molecule is CC(C)C[C@@H](NC(=O)[C@H](C)Oc1ccc(Cl)cc1Cl)C(=O)N/N=C\c1cc(Cl)ccc1OC(C)C. The third-order valence-electron chi connectivity index (χ3n) is 4.62. The van der Waals surface area contributed by atoms with Crippen LogP contribution < -0.4 is 20.2 Å². The molecule has 2 amide bonds. The fourth-order valence-electron chi connectivity index (χ4n) is 3.03. The summed E-state index contributed by atoms with van der Waals surface area (Å²) in [7, 11) is 0. The van der Waals surface area contributed by atoms with E-state index >= 15 is 0 Å². The van der Waals surface area contributed by atoms with Gasteiger partial charge in [0.05, 0.1) is 17.3 Å². The molecular weight excluding hydrogens is 513 g/mol. The van der Waals surface area contributed by atoms with Crippen LogP contribution in [0.3, 0.4) is 0 Å². The van der Waals surface area contributed by atoms with E-state index in [-0.39, 0.29) is 17.0 Å². The maximum absolute atomic E-state index is 12.8. The summed E-state index contributed by atoms with van der Waals surface area (Å²) in [4.78, 5) is 25.6. The molecule has 0 aliphatic heterocycles. The van der Waals surface area contributed by atoms with Crippen molar-refractivity contribution >= 4 is 52.8 Å². The van der Waals surface area contributed by atoms with Crippen molar-refractivity contribution in [2.75, 3.05) is 0 Å². The van der Waals surface area contributed by atoms with Gasteiger partial charge in [-0.15, -0.1) is 0 Å². The first-order valence-electron chi connectivity index (χ1n) is 11.2. The zero-order valence-electron chi connectivity index (χ0n) is 20.3. The molecule has 0 radical (unpaired) electrons. The lowest BCUT2D eigenvalue weighted by molar-refractivity contribution is -0.132. The smallest absolute Gasteiger partial charge is 0.262 e. The van der Waals surface area contributed by atoms with Gasteiger partial charge in [0.25, 0.3) is 11.8 Å². The van der Waals surface area contributed by atoms with Gasteiger partial charge in [0.2, 0.25) is 0 Å². The molecule has 0 heterocycles. The van der Waals surface area contributed by atoms with Crippen molar-refractivity contribution < 1.29 is 19.1 Å². The van der Waals surface area contributed by atoms with Crippen molar-refractivity contribution in [3.63, 3.8) is 0 Å². The van der Waals surface area contributed by atoms with E-state index in [1.165, 1.54) is 12.3 Å². The summed E-state index contributed by atoms with van der Waals surface area (Å²) in [5, 5.41) is 8.02. The fourth-order valence-corrected chi connectivity index (χ4v) is 3.67. The van der Waals surface area contributed by atoms with Crippen LogP contribution in [0, 0.1) is 5.92 Å². The van der Waals surface area contributed by atoms with Crippen LogP contribution in [0.15, 0.2) is 41.5 Å². The molecule has 0 unspecified atom stereocenters. The van der Waals surface area contributed by atoms with E-state index in [0.717, 1.165) is 0 Å². The number of ether oxygens (including phenoxy) is 2. The molecule has 2 aromatic rings. The van der Waals surface area contributed by atoms with E-state index in [4.69, 9.17) is 44.3 Å². The quantitative estimate of drug-likeness (QED) is 0.274. The molecule has 0 spiro atoms. The maximum atomic E-state index is 12.8. The molecule has 35 heavy (non-hydrogen) atoms. The van der Waals surface area contributed by atoms with E-state index in [0.29, 0.717) is 33.5 Å². The van der Waals surface area contributed by atoms with Crippen LogP contribution in [-0.4, -0.2) is 36.3 Å². The number of nitrogens with one attached hydrogen (secondary N) is 2. The van der Waals surface area contributed by atoms with E-state index in [1.54, 1.807) is 37.3 Å². The van der Waals surface area contributed by atoms with Crippen molar-refractivity contribution in [3.05, 3.63) is 57.0 Å². The molecular formula is C25H30Cl3N3O4. The Kier molecular flexibility index (Phi) is 11.1. The second-order valence-electron chi connectivity index (χ2n) is 8.61. The van der Waals surface area contributed by atoms with Gasteiger partial charge >= 0.3 is 0 Å². The number of carbonyl (C=O) groups is 2. The first-order chi connectivity index (χ1) is 16.5. The molecule has 0 saturated carbocycles. The summed E-state index contributed by atoms with van der Waals surface area (Å²) >= 11 is 18.1. The summed E-state index contributed by atoms with van der Waals surface area (Å²) < 4.78 is 11.4. The number of amides is 2.